The van der Waals surface area contributed by atoms with Gasteiger partial charge in [-0.05, 0) is 0 Å². The van der Waals surface area contributed by atoms with Crippen molar-refractivity contribution in [3.8, 4) is 22.3 Å². The quantitative estimate of drug-likeness (QED) is 0.177. The van der Waals surface area contributed by atoms with Crippen molar-refractivity contribution in [3.63, 3.8) is 0 Å². The van der Waals surface area contributed by atoms with Crippen LogP contribution in [0.1, 0.15) is 60.9 Å². The van der Waals surface area contributed by atoms with E-state index in [1.807, 2.05) is 0 Å². The second kappa shape index (κ2) is 9.74. The van der Waals surface area contributed by atoms with Crippen molar-refractivity contribution in [2.24, 2.45) is 5.41 Å². The molecule has 6 rings (SSSR count). The van der Waals surface area contributed by atoms with E-state index in [9.17, 15) is 0 Å². The molecule has 0 spiro atoms. The fourth-order valence-electron chi connectivity index (χ4n) is 6.54. The van der Waals surface area contributed by atoms with Crippen molar-refractivity contribution in [1.29, 1.82) is 0 Å². The summed E-state index contributed by atoms with van der Waals surface area (Å²) < 4.78 is 1.38. The second-order valence-electron chi connectivity index (χ2n) is 12.1. The first-order valence-corrected chi connectivity index (χ1v) is 24.0. The van der Waals surface area contributed by atoms with Gasteiger partial charge >= 0.3 is 243 Å². The Balaban J connectivity index is 1.58. The van der Waals surface area contributed by atoms with Gasteiger partial charge < -0.3 is 0 Å². The van der Waals surface area contributed by atoms with Crippen LogP contribution < -0.4 is 13.6 Å². The molecule has 4 aromatic rings. The zero-order chi connectivity index (χ0) is 26.8. The average molecular weight is 633 g/mol. The molecule has 4 aromatic carbocycles. The average Bonchev–Trinajstić information content (AvgIpc) is 3.48. The molecule has 0 aromatic heterocycles. The zero-order valence-electron chi connectivity index (χ0n) is 22.8. The summed E-state index contributed by atoms with van der Waals surface area (Å²) in [6.45, 7) is 11.5. The molecular formula is C34H34Cl2SiZr. The van der Waals surface area contributed by atoms with Gasteiger partial charge in [-0.2, -0.15) is 0 Å². The van der Waals surface area contributed by atoms with E-state index in [-0.39, 0.29) is 9.04 Å². The van der Waals surface area contributed by atoms with Gasteiger partial charge in [-0.1, -0.05) is 0 Å². The summed E-state index contributed by atoms with van der Waals surface area (Å²) in [5, 5.41) is 3.00. The van der Waals surface area contributed by atoms with Crippen molar-refractivity contribution < 1.29 is 17.9 Å². The van der Waals surface area contributed by atoms with E-state index in [1.165, 1.54) is 58.2 Å². The number of hydrogen-bond acceptors (Lipinski definition) is 0. The first-order chi connectivity index (χ1) is 18.1. The molecule has 2 aliphatic rings. The predicted octanol–water partition coefficient (Wildman–Crippen LogP) is 7.85. The third-order valence-corrected chi connectivity index (χ3v) is 22.6. The summed E-state index contributed by atoms with van der Waals surface area (Å²) in [6, 6.07) is 31.2. The van der Waals surface area contributed by atoms with E-state index in [0.29, 0.717) is 5.92 Å². The van der Waals surface area contributed by atoms with Crippen LogP contribution in [0.2, 0.25) is 0 Å². The van der Waals surface area contributed by atoms with Crippen molar-refractivity contribution in [1.82, 2.24) is 0 Å². The molecule has 0 amide bonds. The van der Waals surface area contributed by atoms with Gasteiger partial charge in [0.1, 0.15) is 0 Å². The van der Waals surface area contributed by atoms with E-state index in [4.69, 9.17) is 17.0 Å². The van der Waals surface area contributed by atoms with Crippen LogP contribution in [0.5, 0.6) is 0 Å². The molecule has 0 N–H and O–H groups in total. The topological polar surface area (TPSA) is 0 Å². The molecule has 1 heterocycles. The molecule has 1 aliphatic carbocycles. The van der Waals surface area contributed by atoms with Gasteiger partial charge in [-0.3, -0.25) is 0 Å². The Labute approximate surface area is 241 Å². The van der Waals surface area contributed by atoms with Crippen LogP contribution in [0.15, 0.2) is 90.5 Å². The van der Waals surface area contributed by atoms with Gasteiger partial charge in [0, 0.05) is 0 Å². The molecule has 0 nitrogen and oxygen atoms in total. The van der Waals surface area contributed by atoms with Crippen LogP contribution in [0.3, 0.4) is 0 Å². The number of benzene rings is 4. The Morgan fingerprint density at radius 2 is 1.47 bits per heavy atom. The fourth-order valence-corrected chi connectivity index (χ4v) is 23.7. The number of hydrogen-bond donors (Lipinski definition) is 0. The fraction of sp³-hybridized carbons (Fsp3) is 0.235. The first-order valence-electron chi connectivity index (χ1n) is 13.6. The molecule has 1 unspecified atom stereocenters. The molecule has 192 valence electrons. The summed E-state index contributed by atoms with van der Waals surface area (Å²) >= 11 is -4.02. The van der Waals surface area contributed by atoms with Gasteiger partial charge in [0.25, 0.3) is 0 Å². The SMILES string of the molecule is CC(C)c1ccc2c(c1-c1ccccc1)C=C(C(C)(C)C)[CH]2[Zr]([Cl])([Cl])[c]1cccc2c1[SiH2]c1ccccc1-2. The molecule has 0 radical (unpaired) electrons. The van der Waals surface area contributed by atoms with E-state index in [1.54, 1.807) is 0 Å². The minimum atomic E-state index is -4.02. The number of halogens is 2. The number of fused-ring (bicyclic) bond motifs is 4. The van der Waals surface area contributed by atoms with Crippen molar-refractivity contribution >= 4 is 46.3 Å². The number of allylic oxidation sites excluding steroid dienone is 1. The van der Waals surface area contributed by atoms with Gasteiger partial charge in [0.15, 0.2) is 0 Å². The summed E-state index contributed by atoms with van der Waals surface area (Å²) in [5.74, 6) is 0.420. The Kier molecular flexibility index (Phi) is 6.80. The molecular weight excluding hydrogens is 599 g/mol. The van der Waals surface area contributed by atoms with Gasteiger partial charge in [-0.25, -0.2) is 0 Å². The van der Waals surface area contributed by atoms with Crippen molar-refractivity contribution in [2.75, 3.05) is 0 Å². The van der Waals surface area contributed by atoms with Gasteiger partial charge in [0.2, 0.25) is 0 Å². The first kappa shape index (κ1) is 26.5. The van der Waals surface area contributed by atoms with Crippen LogP contribution in [-0.4, -0.2) is 9.52 Å². The normalized spacial score (nSPS) is 16.9. The summed E-state index contributed by atoms with van der Waals surface area (Å²) in [7, 11) is 15.1. The summed E-state index contributed by atoms with van der Waals surface area (Å²) in [4.78, 5) is 0. The van der Waals surface area contributed by atoms with Crippen LogP contribution in [0.25, 0.3) is 28.3 Å². The van der Waals surface area contributed by atoms with E-state index in [2.05, 4.69) is 126 Å². The van der Waals surface area contributed by atoms with Crippen LogP contribution in [0, 0.1) is 5.41 Å². The third kappa shape index (κ3) is 4.28. The van der Waals surface area contributed by atoms with Crippen LogP contribution >= 0.6 is 17.0 Å². The van der Waals surface area contributed by atoms with Crippen LogP contribution in [-0.2, 0) is 17.9 Å². The molecule has 1 aliphatic heterocycles. The van der Waals surface area contributed by atoms with E-state index < -0.39 is 27.4 Å². The Hall–Kier alpha value is -1.70. The summed E-state index contributed by atoms with van der Waals surface area (Å²) in [6.07, 6.45) is 2.46. The second-order valence-corrected chi connectivity index (χ2v) is 28.0. The molecule has 0 fully saturated rings. The predicted molar refractivity (Wildman–Crippen MR) is 167 cm³/mol. The summed E-state index contributed by atoms with van der Waals surface area (Å²) in [5.41, 5.74) is 10.8. The zero-order valence-corrected chi connectivity index (χ0v) is 28.2. The Bertz CT molecular complexity index is 1580. The third-order valence-electron chi connectivity index (χ3n) is 8.36. The molecule has 0 bridgehead atoms. The van der Waals surface area contributed by atoms with Gasteiger partial charge in [-0.15, -0.1) is 0 Å². The molecule has 0 saturated heterocycles. The Morgan fingerprint density at radius 1 is 0.789 bits per heavy atom. The maximum absolute atomic E-state index is 7.88. The Morgan fingerprint density at radius 3 is 2.18 bits per heavy atom. The number of rotatable bonds is 4. The molecule has 1 atom stereocenters. The van der Waals surface area contributed by atoms with Crippen LogP contribution in [0.4, 0.5) is 0 Å². The van der Waals surface area contributed by atoms with E-state index in [0.717, 1.165) is 0 Å². The molecule has 0 saturated carbocycles. The monoisotopic (exact) mass is 630 g/mol. The minimum absolute atomic E-state index is 0.0417. The van der Waals surface area contributed by atoms with E-state index >= 15 is 0 Å². The maximum atomic E-state index is 7.88. The molecule has 4 heteroatoms. The molecule has 38 heavy (non-hydrogen) atoms. The standard InChI is InChI=1S/C22H25.C12H9Si.2ClH.Zr/c1-15(2)19-12-11-17-13-18(22(3,4)5)14-20(17)21(19)16-9-7-6-8-10-16;1-3-7-11-9(5-1)10-6-2-4-8-12(10)13-11;;;/h6-15H,1-5H3;1-7H,13H2;2*1H;/q;;;;+2/p-2. The van der Waals surface area contributed by atoms with Gasteiger partial charge in [0.05, 0.1) is 0 Å². The van der Waals surface area contributed by atoms with Crippen molar-refractivity contribution in [3.05, 3.63) is 107 Å². The van der Waals surface area contributed by atoms with Crippen molar-refractivity contribution in [2.45, 2.75) is 44.2 Å².